The number of hydrogen-bond acceptors (Lipinski definition) is 1. The summed E-state index contributed by atoms with van der Waals surface area (Å²) in [5, 5.41) is 9.94. The minimum atomic E-state index is -1.42. The average Bonchev–Trinajstić information content (AvgIpc) is 1.96. The first-order chi connectivity index (χ1) is 6.41. The van der Waals surface area contributed by atoms with Crippen LogP contribution in [0.3, 0.4) is 0 Å². The Kier molecular flexibility index (Phi) is 4.42. The molecule has 1 N–H and O–H groups in total. The summed E-state index contributed by atoms with van der Waals surface area (Å²) in [6, 6.07) is 0. The van der Waals surface area contributed by atoms with E-state index in [1.807, 2.05) is 0 Å². The molecule has 0 saturated heterocycles. The second-order valence-corrected chi connectivity index (χ2v) is 15.6. The van der Waals surface area contributed by atoms with Crippen LogP contribution in [0.2, 0.25) is 39.3 Å². The maximum Gasteiger partial charge on any atom is 0.183 e. The quantitative estimate of drug-likeness (QED) is 0.508. The molecule has 0 aromatic heterocycles. The van der Waals surface area contributed by atoms with Gasteiger partial charge in [0, 0.05) is 0 Å². The molecule has 3 heteroatoms. The number of hydrogen-bond donors (Lipinski definition) is 1. The monoisotopic (exact) mass is 238 g/mol. The van der Waals surface area contributed by atoms with E-state index in [4.69, 9.17) is 0 Å². The summed E-state index contributed by atoms with van der Waals surface area (Å²) in [6.07, 6.45) is 0. The maximum atomic E-state index is 9.94. The van der Waals surface area contributed by atoms with Crippen molar-refractivity contribution in [3.63, 3.8) is 0 Å². The summed E-state index contributed by atoms with van der Waals surface area (Å²) in [6.45, 7) is 14.6. The lowest BCUT2D eigenvalue weighted by molar-refractivity contribution is 0.185. The van der Waals surface area contributed by atoms with Gasteiger partial charge in [-0.05, 0) is 6.92 Å². The first kappa shape index (κ1) is 14.5. The highest BCUT2D eigenvalue weighted by Crippen LogP contribution is 2.04. The average molecular weight is 238 g/mol. The zero-order valence-corrected chi connectivity index (χ0v) is 12.9. The lowest BCUT2D eigenvalue weighted by Crippen LogP contribution is -2.25. The summed E-state index contributed by atoms with van der Waals surface area (Å²) in [5.41, 5.74) is 5.16. The van der Waals surface area contributed by atoms with Crippen LogP contribution >= 0.6 is 0 Å². The Morgan fingerprint density at radius 2 is 1.07 bits per heavy atom. The fraction of sp³-hybridized carbons (Fsp3) is 0.667. The minimum absolute atomic E-state index is 1.14. The second kappa shape index (κ2) is 4.57. The van der Waals surface area contributed by atoms with Gasteiger partial charge in [-0.1, -0.05) is 51.1 Å². The van der Waals surface area contributed by atoms with Crippen molar-refractivity contribution in [1.82, 2.24) is 0 Å². The topological polar surface area (TPSA) is 20.2 Å². The first-order valence-electron chi connectivity index (χ1n) is 5.22. The van der Waals surface area contributed by atoms with Crippen LogP contribution in [-0.2, 0) is 0 Å². The summed E-state index contributed by atoms with van der Waals surface area (Å²) < 4.78 is 0. The van der Waals surface area contributed by atoms with Gasteiger partial charge in [-0.15, -0.1) is 11.1 Å². The van der Waals surface area contributed by atoms with Crippen molar-refractivity contribution in [2.45, 2.75) is 51.8 Å². The van der Waals surface area contributed by atoms with Gasteiger partial charge in [0.25, 0.3) is 0 Å². The van der Waals surface area contributed by atoms with Gasteiger partial charge in [-0.2, -0.15) is 0 Å². The van der Waals surface area contributed by atoms with Gasteiger partial charge in [-0.3, -0.25) is 0 Å². The van der Waals surface area contributed by atoms with Gasteiger partial charge in [0.05, 0.1) is 0 Å². The van der Waals surface area contributed by atoms with Gasteiger partial charge >= 0.3 is 0 Å². The Hall–Kier alpha value is -0.486. The third-order valence-corrected chi connectivity index (χ3v) is 3.11. The highest BCUT2D eigenvalue weighted by molar-refractivity contribution is 6.84. The Morgan fingerprint density at radius 3 is 1.27 bits per heavy atom. The molecule has 0 saturated carbocycles. The molecular formula is C12H22OSi2. The van der Waals surface area contributed by atoms with Gasteiger partial charge in [0.1, 0.15) is 16.1 Å². The zero-order chi connectivity index (χ0) is 12.3. The highest BCUT2D eigenvalue weighted by atomic mass is 28.3. The molecule has 0 unspecified atom stereocenters. The van der Waals surface area contributed by atoms with E-state index in [1.54, 1.807) is 6.92 Å². The third kappa shape index (κ3) is 9.81. The number of rotatable bonds is 0. The molecule has 84 valence electrons. The van der Waals surface area contributed by atoms with E-state index in [9.17, 15) is 5.11 Å². The van der Waals surface area contributed by atoms with Gasteiger partial charge in [-0.25, -0.2) is 0 Å². The predicted molar refractivity (Wildman–Crippen MR) is 72.9 cm³/mol. The SMILES string of the molecule is CC(O)(C#C[Si](C)(C)C)C#C[Si](C)(C)C. The van der Waals surface area contributed by atoms with E-state index in [0.717, 1.165) is 0 Å². The van der Waals surface area contributed by atoms with Crippen molar-refractivity contribution in [2.75, 3.05) is 0 Å². The third-order valence-electron chi connectivity index (χ3n) is 1.36. The van der Waals surface area contributed by atoms with Crippen LogP contribution < -0.4 is 0 Å². The minimum Gasteiger partial charge on any atom is -0.367 e. The Balaban J connectivity index is 4.82. The van der Waals surface area contributed by atoms with Crippen LogP contribution in [0.5, 0.6) is 0 Å². The molecule has 15 heavy (non-hydrogen) atoms. The van der Waals surface area contributed by atoms with Crippen molar-refractivity contribution >= 4 is 16.1 Å². The molecule has 0 aromatic carbocycles. The van der Waals surface area contributed by atoms with Crippen molar-refractivity contribution in [1.29, 1.82) is 0 Å². The Morgan fingerprint density at radius 1 is 0.800 bits per heavy atom. The normalized spacial score (nSPS) is 12.3. The maximum absolute atomic E-state index is 9.94. The van der Waals surface area contributed by atoms with E-state index in [0.29, 0.717) is 0 Å². The lowest BCUT2D eigenvalue weighted by atomic mass is 10.1. The van der Waals surface area contributed by atoms with Crippen molar-refractivity contribution < 1.29 is 5.11 Å². The molecule has 0 spiro atoms. The van der Waals surface area contributed by atoms with Crippen molar-refractivity contribution in [2.24, 2.45) is 0 Å². The van der Waals surface area contributed by atoms with Gasteiger partial charge < -0.3 is 5.11 Å². The molecule has 0 aromatic rings. The van der Waals surface area contributed by atoms with Gasteiger partial charge in [0.2, 0.25) is 0 Å². The van der Waals surface area contributed by atoms with E-state index < -0.39 is 21.7 Å². The summed E-state index contributed by atoms with van der Waals surface area (Å²) >= 11 is 0. The van der Waals surface area contributed by atoms with Crippen LogP contribution in [0.1, 0.15) is 6.92 Å². The second-order valence-electron chi connectivity index (χ2n) is 6.07. The van der Waals surface area contributed by atoms with Crippen molar-refractivity contribution in [3.05, 3.63) is 0 Å². The fourth-order valence-electron chi connectivity index (χ4n) is 0.650. The molecule has 0 heterocycles. The van der Waals surface area contributed by atoms with E-state index >= 15 is 0 Å². The van der Waals surface area contributed by atoms with Crippen molar-refractivity contribution in [3.8, 4) is 22.9 Å². The predicted octanol–water partition coefficient (Wildman–Crippen LogP) is 2.50. The lowest BCUT2D eigenvalue weighted by Gasteiger charge is -2.12. The van der Waals surface area contributed by atoms with E-state index in [1.165, 1.54) is 0 Å². The largest absolute Gasteiger partial charge is 0.367 e. The molecule has 1 nitrogen and oxygen atoms in total. The van der Waals surface area contributed by atoms with E-state index in [2.05, 4.69) is 62.2 Å². The molecular weight excluding hydrogens is 216 g/mol. The fourth-order valence-corrected chi connectivity index (χ4v) is 1.89. The summed E-state index contributed by atoms with van der Waals surface area (Å²) in [5.74, 6) is 5.77. The molecule has 0 bridgehead atoms. The smallest absolute Gasteiger partial charge is 0.183 e. The van der Waals surface area contributed by atoms with E-state index in [-0.39, 0.29) is 0 Å². The summed E-state index contributed by atoms with van der Waals surface area (Å²) in [4.78, 5) is 0. The standard InChI is InChI=1S/C12H22OSi2/c1-12(13,8-10-14(2,3)4)9-11-15(5,6)7/h13H,1-7H3. The molecule has 0 aliphatic heterocycles. The van der Waals surface area contributed by atoms with Crippen LogP contribution in [0, 0.1) is 22.9 Å². The molecule has 0 rings (SSSR count). The van der Waals surface area contributed by atoms with Crippen LogP contribution in [0.4, 0.5) is 0 Å². The first-order valence-corrected chi connectivity index (χ1v) is 12.2. The summed E-state index contributed by atoms with van der Waals surface area (Å²) in [7, 11) is -2.84. The molecule has 0 aliphatic carbocycles. The molecule has 0 amide bonds. The van der Waals surface area contributed by atoms with Gasteiger partial charge in [0.15, 0.2) is 5.60 Å². The Bertz CT molecular complexity index is 300. The highest BCUT2D eigenvalue weighted by Gasteiger charge is 2.16. The van der Waals surface area contributed by atoms with Crippen LogP contribution in [0.25, 0.3) is 0 Å². The zero-order valence-electron chi connectivity index (χ0n) is 10.9. The molecule has 0 aliphatic rings. The molecule has 0 atom stereocenters. The Labute approximate surface area is 96.3 Å². The van der Waals surface area contributed by atoms with Crippen LogP contribution in [-0.4, -0.2) is 26.9 Å². The number of aliphatic hydroxyl groups is 1. The molecule has 0 fully saturated rings. The molecule has 0 radical (unpaired) electrons. The van der Waals surface area contributed by atoms with Crippen LogP contribution in [0.15, 0.2) is 0 Å².